The molecule has 0 radical (unpaired) electrons. The monoisotopic (exact) mass is 305 g/mol. The first-order chi connectivity index (χ1) is 10.2. The van der Waals surface area contributed by atoms with Crippen LogP contribution in [0.15, 0.2) is 22.6 Å². The van der Waals surface area contributed by atoms with Gasteiger partial charge in [0.2, 0.25) is 5.91 Å². The van der Waals surface area contributed by atoms with Crippen LogP contribution < -0.4 is 5.56 Å². The van der Waals surface area contributed by atoms with Gasteiger partial charge < -0.3 is 4.90 Å². The Kier molecular flexibility index (Phi) is 4.05. The molecular formula is C15H19N3O2S. The molecule has 2 aromatic rings. The first-order valence-electron chi connectivity index (χ1n) is 7.43. The molecule has 3 rings (SSSR count). The maximum absolute atomic E-state index is 12.5. The predicted octanol–water partition coefficient (Wildman–Crippen LogP) is 2.25. The van der Waals surface area contributed by atoms with Gasteiger partial charge in [-0.3, -0.25) is 14.2 Å². The van der Waals surface area contributed by atoms with Crippen LogP contribution in [0.1, 0.15) is 32.6 Å². The first kappa shape index (κ1) is 14.3. The van der Waals surface area contributed by atoms with Crippen LogP contribution in [0.3, 0.4) is 0 Å². The van der Waals surface area contributed by atoms with Crippen LogP contribution in [0.5, 0.6) is 0 Å². The van der Waals surface area contributed by atoms with Crippen LogP contribution in [-0.2, 0) is 11.3 Å². The zero-order valence-electron chi connectivity index (χ0n) is 12.1. The molecule has 0 spiro atoms. The molecule has 1 aliphatic rings. The SMILES string of the molecule is CCC1CCCCN1C(=O)Cn1cnc2ccsc2c1=O. The topological polar surface area (TPSA) is 55.2 Å². The number of thiophene rings is 1. The van der Waals surface area contributed by atoms with Crippen molar-refractivity contribution in [2.45, 2.75) is 45.2 Å². The van der Waals surface area contributed by atoms with Crippen LogP contribution in [0, 0.1) is 0 Å². The number of hydrogen-bond acceptors (Lipinski definition) is 4. The number of aromatic nitrogens is 2. The fraction of sp³-hybridized carbons (Fsp3) is 0.533. The number of nitrogens with zero attached hydrogens (tertiary/aromatic N) is 3. The molecule has 1 amide bonds. The van der Waals surface area contributed by atoms with E-state index >= 15 is 0 Å². The number of carbonyl (C=O) groups excluding carboxylic acids is 1. The normalized spacial score (nSPS) is 19.1. The Bertz CT molecular complexity index is 706. The van der Waals surface area contributed by atoms with E-state index in [0.717, 1.165) is 25.8 Å². The molecule has 0 saturated carbocycles. The lowest BCUT2D eigenvalue weighted by molar-refractivity contribution is -0.135. The number of carbonyl (C=O) groups is 1. The molecular weight excluding hydrogens is 286 g/mol. The maximum atomic E-state index is 12.5. The molecule has 1 atom stereocenters. The van der Waals surface area contributed by atoms with Gasteiger partial charge in [-0.25, -0.2) is 4.98 Å². The molecule has 6 heteroatoms. The number of fused-ring (bicyclic) bond motifs is 1. The quantitative estimate of drug-likeness (QED) is 0.874. The molecule has 1 unspecified atom stereocenters. The smallest absolute Gasteiger partial charge is 0.271 e. The Labute approximate surface area is 127 Å². The summed E-state index contributed by atoms with van der Waals surface area (Å²) >= 11 is 1.38. The third-order valence-corrected chi connectivity index (χ3v) is 5.05. The molecule has 0 N–H and O–H groups in total. The summed E-state index contributed by atoms with van der Waals surface area (Å²) in [5.41, 5.74) is 0.589. The second-order valence-electron chi connectivity index (χ2n) is 5.46. The van der Waals surface area contributed by atoms with Gasteiger partial charge in [0.1, 0.15) is 11.2 Å². The van der Waals surface area contributed by atoms with Crippen molar-refractivity contribution in [2.24, 2.45) is 0 Å². The van der Waals surface area contributed by atoms with Crippen molar-refractivity contribution in [2.75, 3.05) is 6.54 Å². The fourth-order valence-corrected chi connectivity index (χ4v) is 3.77. The van der Waals surface area contributed by atoms with Crippen molar-refractivity contribution in [1.29, 1.82) is 0 Å². The summed E-state index contributed by atoms with van der Waals surface area (Å²) in [4.78, 5) is 31.0. The van der Waals surface area contributed by atoms with E-state index in [1.54, 1.807) is 0 Å². The zero-order chi connectivity index (χ0) is 14.8. The standard InChI is InChI=1S/C15H19N3O2S/c1-2-11-5-3-4-7-18(11)13(19)9-17-10-16-12-6-8-21-14(12)15(17)20/h6,8,10-11H,2-5,7,9H2,1H3. The van der Waals surface area contributed by atoms with Gasteiger partial charge in [-0.15, -0.1) is 11.3 Å². The van der Waals surface area contributed by atoms with Gasteiger partial charge >= 0.3 is 0 Å². The Morgan fingerprint density at radius 3 is 3.14 bits per heavy atom. The highest BCUT2D eigenvalue weighted by Gasteiger charge is 2.25. The lowest BCUT2D eigenvalue weighted by Gasteiger charge is -2.35. The van der Waals surface area contributed by atoms with Gasteiger partial charge in [-0.1, -0.05) is 6.92 Å². The second kappa shape index (κ2) is 5.97. The number of amides is 1. The predicted molar refractivity (Wildman–Crippen MR) is 83.5 cm³/mol. The first-order valence-corrected chi connectivity index (χ1v) is 8.30. The van der Waals surface area contributed by atoms with Crippen molar-refractivity contribution in [3.8, 4) is 0 Å². The average Bonchev–Trinajstić information content (AvgIpc) is 2.99. The summed E-state index contributed by atoms with van der Waals surface area (Å²) in [6.07, 6.45) is 5.77. The average molecular weight is 305 g/mol. The minimum atomic E-state index is -0.117. The Hall–Kier alpha value is -1.69. The fourth-order valence-electron chi connectivity index (χ4n) is 2.98. The Balaban J connectivity index is 1.82. The minimum absolute atomic E-state index is 0.0290. The van der Waals surface area contributed by atoms with E-state index in [1.807, 2.05) is 16.3 Å². The van der Waals surface area contributed by atoms with Gasteiger partial charge in [0.25, 0.3) is 5.56 Å². The summed E-state index contributed by atoms with van der Waals surface area (Å²) in [6.45, 7) is 3.01. The van der Waals surface area contributed by atoms with Crippen molar-refractivity contribution >= 4 is 27.5 Å². The number of hydrogen-bond donors (Lipinski definition) is 0. The summed E-state index contributed by atoms with van der Waals surface area (Å²) in [6, 6.07) is 2.14. The highest BCUT2D eigenvalue weighted by atomic mass is 32.1. The second-order valence-corrected chi connectivity index (χ2v) is 6.37. The maximum Gasteiger partial charge on any atom is 0.271 e. The summed E-state index contributed by atoms with van der Waals surface area (Å²) in [5.74, 6) is 0.0290. The lowest BCUT2D eigenvalue weighted by atomic mass is 10.00. The molecule has 3 heterocycles. The highest BCUT2D eigenvalue weighted by Crippen LogP contribution is 2.20. The molecule has 5 nitrogen and oxygen atoms in total. The van der Waals surface area contributed by atoms with Gasteiger partial charge in [0, 0.05) is 12.6 Å². The zero-order valence-corrected chi connectivity index (χ0v) is 12.9. The van der Waals surface area contributed by atoms with E-state index in [-0.39, 0.29) is 18.0 Å². The molecule has 0 aliphatic carbocycles. The van der Waals surface area contributed by atoms with E-state index in [0.29, 0.717) is 16.3 Å². The van der Waals surface area contributed by atoms with Gasteiger partial charge in [0.05, 0.1) is 11.8 Å². The van der Waals surface area contributed by atoms with Gasteiger partial charge in [-0.05, 0) is 37.1 Å². The number of piperidine rings is 1. The molecule has 112 valence electrons. The molecule has 0 bridgehead atoms. The number of likely N-dealkylation sites (tertiary alicyclic amines) is 1. The summed E-state index contributed by atoms with van der Waals surface area (Å²) < 4.78 is 2.05. The van der Waals surface area contributed by atoms with Gasteiger partial charge in [-0.2, -0.15) is 0 Å². The van der Waals surface area contributed by atoms with E-state index < -0.39 is 0 Å². The number of rotatable bonds is 3. The van der Waals surface area contributed by atoms with Crippen LogP contribution in [0.4, 0.5) is 0 Å². The third-order valence-electron chi connectivity index (χ3n) is 4.16. The highest BCUT2D eigenvalue weighted by molar-refractivity contribution is 7.17. The van der Waals surface area contributed by atoms with Crippen LogP contribution >= 0.6 is 11.3 Å². The van der Waals surface area contributed by atoms with Crippen LogP contribution in [0.25, 0.3) is 10.2 Å². The Morgan fingerprint density at radius 2 is 2.33 bits per heavy atom. The molecule has 21 heavy (non-hydrogen) atoms. The van der Waals surface area contributed by atoms with E-state index in [4.69, 9.17) is 0 Å². The van der Waals surface area contributed by atoms with E-state index in [9.17, 15) is 9.59 Å². The lowest BCUT2D eigenvalue weighted by Crippen LogP contribution is -2.45. The molecule has 0 aromatic carbocycles. The molecule has 1 saturated heterocycles. The molecule has 1 aliphatic heterocycles. The van der Waals surface area contributed by atoms with Crippen molar-refractivity contribution in [3.05, 3.63) is 28.1 Å². The molecule has 2 aromatic heterocycles. The van der Waals surface area contributed by atoms with E-state index in [1.165, 1.54) is 28.7 Å². The summed E-state index contributed by atoms with van der Waals surface area (Å²) in [7, 11) is 0. The molecule has 1 fully saturated rings. The third kappa shape index (κ3) is 2.72. The van der Waals surface area contributed by atoms with Crippen LogP contribution in [0.2, 0.25) is 0 Å². The summed E-state index contributed by atoms with van der Waals surface area (Å²) in [5, 5.41) is 1.85. The van der Waals surface area contributed by atoms with E-state index in [2.05, 4.69) is 11.9 Å². The van der Waals surface area contributed by atoms with Crippen molar-refractivity contribution in [3.63, 3.8) is 0 Å². The Morgan fingerprint density at radius 1 is 1.48 bits per heavy atom. The van der Waals surface area contributed by atoms with Crippen molar-refractivity contribution in [1.82, 2.24) is 14.5 Å². The minimum Gasteiger partial charge on any atom is -0.338 e. The van der Waals surface area contributed by atoms with Gasteiger partial charge in [0.15, 0.2) is 0 Å². The van der Waals surface area contributed by atoms with Crippen LogP contribution in [-0.4, -0.2) is 32.9 Å². The largest absolute Gasteiger partial charge is 0.338 e. The van der Waals surface area contributed by atoms with Crippen molar-refractivity contribution < 1.29 is 4.79 Å².